The lowest BCUT2D eigenvalue weighted by molar-refractivity contribution is -0.118. The summed E-state index contributed by atoms with van der Waals surface area (Å²) in [5.41, 5.74) is 1.95. The Kier molecular flexibility index (Phi) is 6.84. The van der Waals surface area contributed by atoms with Crippen molar-refractivity contribution in [1.29, 1.82) is 0 Å². The molecule has 0 radical (unpaired) electrons. The molecular formula is C23H20BrN5O4. The number of fused-ring (bicyclic) bond motifs is 1. The fourth-order valence-corrected chi connectivity index (χ4v) is 3.62. The number of nitrogens with zero attached hydrogens (tertiary/aromatic N) is 1. The lowest BCUT2D eigenvalue weighted by atomic mass is 10.0. The van der Waals surface area contributed by atoms with E-state index in [1.807, 2.05) is 24.3 Å². The Morgan fingerprint density at radius 3 is 2.67 bits per heavy atom. The second-order valence-electron chi connectivity index (χ2n) is 7.24. The Balaban J connectivity index is 1.30. The maximum absolute atomic E-state index is 12.5. The molecule has 0 bridgehead atoms. The third-order valence-electron chi connectivity index (χ3n) is 4.74. The van der Waals surface area contributed by atoms with Crippen molar-refractivity contribution in [3.05, 3.63) is 76.9 Å². The molecule has 4 N–H and O–H groups in total. The zero-order chi connectivity index (χ0) is 23.2. The average Bonchev–Trinajstić information content (AvgIpc) is 2.79. The van der Waals surface area contributed by atoms with Gasteiger partial charge in [0, 0.05) is 34.5 Å². The van der Waals surface area contributed by atoms with Gasteiger partial charge in [0.15, 0.2) is 6.61 Å². The molecule has 9 nitrogen and oxygen atoms in total. The van der Waals surface area contributed by atoms with Crippen LogP contribution in [0.5, 0.6) is 5.75 Å². The summed E-state index contributed by atoms with van der Waals surface area (Å²) in [5.74, 6) is 0.259. The molecule has 1 aromatic heterocycles. The number of para-hydroxylation sites is 1. The molecule has 1 aliphatic rings. The summed E-state index contributed by atoms with van der Waals surface area (Å²) < 4.78 is 6.31. The zero-order valence-corrected chi connectivity index (χ0v) is 18.9. The maximum Gasteiger partial charge on any atom is 0.319 e. The van der Waals surface area contributed by atoms with Gasteiger partial charge in [0.25, 0.3) is 5.91 Å². The monoisotopic (exact) mass is 509 g/mol. The molecule has 1 unspecified atom stereocenters. The van der Waals surface area contributed by atoms with E-state index in [0.29, 0.717) is 29.4 Å². The van der Waals surface area contributed by atoms with Crippen molar-refractivity contribution in [2.75, 3.05) is 22.6 Å². The number of ether oxygens (including phenoxy) is 1. The number of halogens is 1. The van der Waals surface area contributed by atoms with Gasteiger partial charge in [-0.1, -0.05) is 24.3 Å². The smallest absolute Gasteiger partial charge is 0.319 e. The molecule has 3 aromatic rings. The zero-order valence-electron chi connectivity index (χ0n) is 17.3. The molecule has 33 heavy (non-hydrogen) atoms. The number of aromatic nitrogens is 1. The van der Waals surface area contributed by atoms with Crippen LogP contribution >= 0.6 is 15.9 Å². The Morgan fingerprint density at radius 2 is 1.85 bits per heavy atom. The van der Waals surface area contributed by atoms with Crippen LogP contribution in [0.4, 0.5) is 22.0 Å². The highest BCUT2D eigenvalue weighted by Crippen LogP contribution is 2.23. The number of pyridine rings is 1. The molecule has 1 atom stereocenters. The van der Waals surface area contributed by atoms with Crippen molar-refractivity contribution >= 4 is 51.0 Å². The molecule has 2 heterocycles. The Labute approximate surface area is 198 Å². The normalized spacial score (nSPS) is 14.5. The standard InChI is InChI=1S/C23H20BrN5O4/c24-15-9-14-10-19(22(31)29-21(14)25-12-15)28-23(32)27-17-7-4-8-18(11-17)33-13-20(30)26-16-5-2-1-3-6-16/h1-9,11-12,19H,10,13H2,(H,26,30)(H,25,29,31)(H2,27,28,32). The van der Waals surface area contributed by atoms with Crippen LogP contribution in [0.2, 0.25) is 0 Å². The third kappa shape index (κ3) is 6.07. The van der Waals surface area contributed by atoms with Gasteiger partial charge in [0.2, 0.25) is 5.91 Å². The lowest BCUT2D eigenvalue weighted by Gasteiger charge is -2.24. The van der Waals surface area contributed by atoms with Crippen LogP contribution in [0.15, 0.2) is 71.3 Å². The van der Waals surface area contributed by atoms with E-state index in [-0.39, 0.29) is 18.4 Å². The van der Waals surface area contributed by atoms with Crippen molar-refractivity contribution < 1.29 is 19.1 Å². The molecule has 0 saturated carbocycles. The second kappa shape index (κ2) is 10.1. The quantitative estimate of drug-likeness (QED) is 0.404. The summed E-state index contributed by atoms with van der Waals surface area (Å²) in [5, 5.41) is 10.8. The topological polar surface area (TPSA) is 121 Å². The average molecular weight is 510 g/mol. The Bertz CT molecular complexity index is 1190. The van der Waals surface area contributed by atoms with Gasteiger partial charge in [-0.2, -0.15) is 0 Å². The SMILES string of the molecule is O=C(COc1cccc(NC(=O)NC2Cc3cc(Br)cnc3NC2=O)c1)Nc1ccccc1. The highest BCUT2D eigenvalue weighted by atomic mass is 79.9. The molecule has 1 aliphatic heterocycles. The summed E-state index contributed by atoms with van der Waals surface area (Å²) >= 11 is 3.35. The van der Waals surface area contributed by atoms with Crippen molar-refractivity contribution in [1.82, 2.24) is 10.3 Å². The molecule has 0 saturated heterocycles. The summed E-state index contributed by atoms with van der Waals surface area (Å²) in [7, 11) is 0. The van der Waals surface area contributed by atoms with Gasteiger partial charge >= 0.3 is 6.03 Å². The Hall–Kier alpha value is -3.92. The van der Waals surface area contributed by atoms with Crippen LogP contribution in [0.1, 0.15) is 5.56 Å². The van der Waals surface area contributed by atoms with Crippen molar-refractivity contribution in [2.24, 2.45) is 0 Å². The number of anilines is 3. The van der Waals surface area contributed by atoms with Gasteiger partial charge in [-0.05, 0) is 51.8 Å². The number of benzene rings is 2. The highest BCUT2D eigenvalue weighted by Gasteiger charge is 2.28. The summed E-state index contributed by atoms with van der Waals surface area (Å²) in [4.78, 5) is 41.0. The van der Waals surface area contributed by atoms with E-state index in [9.17, 15) is 14.4 Å². The molecule has 168 valence electrons. The van der Waals surface area contributed by atoms with E-state index in [1.165, 1.54) is 0 Å². The first-order valence-corrected chi connectivity index (χ1v) is 10.9. The number of carbonyl (C=O) groups is 3. The van der Waals surface area contributed by atoms with Gasteiger partial charge in [-0.15, -0.1) is 0 Å². The maximum atomic E-state index is 12.5. The predicted molar refractivity (Wildman–Crippen MR) is 127 cm³/mol. The Morgan fingerprint density at radius 1 is 1.06 bits per heavy atom. The van der Waals surface area contributed by atoms with E-state index in [4.69, 9.17) is 4.74 Å². The van der Waals surface area contributed by atoms with E-state index in [0.717, 1.165) is 10.0 Å². The molecule has 4 rings (SSSR count). The molecule has 4 amide bonds. The summed E-state index contributed by atoms with van der Waals surface area (Å²) in [6, 6.07) is 16.3. The minimum Gasteiger partial charge on any atom is -0.484 e. The van der Waals surface area contributed by atoms with Crippen LogP contribution < -0.4 is 26.0 Å². The van der Waals surface area contributed by atoms with Gasteiger partial charge in [-0.25, -0.2) is 9.78 Å². The number of urea groups is 1. The van der Waals surface area contributed by atoms with Gasteiger partial charge in [0.1, 0.15) is 17.6 Å². The first kappa shape index (κ1) is 22.3. The molecule has 0 spiro atoms. The molecular weight excluding hydrogens is 490 g/mol. The predicted octanol–water partition coefficient (Wildman–Crippen LogP) is 3.55. The van der Waals surface area contributed by atoms with Gasteiger partial charge in [0.05, 0.1) is 0 Å². The highest BCUT2D eigenvalue weighted by molar-refractivity contribution is 9.10. The van der Waals surface area contributed by atoms with E-state index < -0.39 is 12.1 Å². The second-order valence-corrected chi connectivity index (χ2v) is 8.15. The van der Waals surface area contributed by atoms with E-state index >= 15 is 0 Å². The van der Waals surface area contributed by atoms with E-state index in [1.54, 1.807) is 42.6 Å². The number of hydrogen-bond acceptors (Lipinski definition) is 5. The van der Waals surface area contributed by atoms with E-state index in [2.05, 4.69) is 42.2 Å². The number of rotatable bonds is 6. The number of nitrogens with one attached hydrogen (secondary N) is 4. The van der Waals surface area contributed by atoms with Crippen molar-refractivity contribution in [3.63, 3.8) is 0 Å². The van der Waals surface area contributed by atoms with Gasteiger partial charge < -0.3 is 26.0 Å². The molecule has 2 aromatic carbocycles. The minimum absolute atomic E-state index is 0.185. The number of amides is 4. The van der Waals surface area contributed by atoms with Crippen molar-refractivity contribution in [3.8, 4) is 5.75 Å². The minimum atomic E-state index is -0.741. The number of carbonyl (C=O) groups excluding carboxylic acids is 3. The summed E-state index contributed by atoms with van der Waals surface area (Å²) in [6.45, 7) is -0.185. The van der Waals surface area contributed by atoms with Crippen LogP contribution in [-0.4, -0.2) is 35.5 Å². The largest absolute Gasteiger partial charge is 0.484 e. The molecule has 0 aliphatic carbocycles. The third-order valence-corrected chi connectivity index (χ3v) is 5.17. The first-order chi connectivity index (χ1) is 16.0. The van der Waals surface area contributed by atoms with Crippen LogP contribution in [-0.2, 0) is 16.0 Å². The van der Waals surface area contributed by atoms with Crippen LogP contribution in [0, 0.1) is 0 Å². The number of hydrogen-bond donors (Lipinski definition) is 4. The van der Waals surface area contributed by atoms with Crippen LogP contribution in [0.25, 0.3) is 0 Å². The first-order valence-electron chi connectivity index (χ1n) is 10.1. The summed E-state index contributed by atoms with van der Waals surface area (Å²) in [6.07, 6.45) is 1.92. The fourth-order valence-electron chi connectivity index (χ4n) is 3.24. The lowest BCUT2D eigenvalue weighted by Crippen LogP contribution is -2.49. The fraction of sp³-hybridized carbons (Fsp3) is 0.130. The van der Waals surface area contributed by atoms with Crippen molar-refractivity contribution in [2.45, 2.75) is 12.5 Å². The molecule has 10 heteroatoms. The van der Waals surface area contributed by atoms with Crippen LogP contribution in [0.3, 0.4) is 0 Å². The van der Waals surface area contributed by atoms with Gasteiger partial charge in [-0.3, -0.25) is 9.59 Å². The molecule has 0 fully saturated rings.